The van der Waals surface area contributed by atoms with E-state index in [4.69, 9.17) is 5.73 Å². The molecule has 1 unspecified atom stereocenters. The summed E-state index contributed by atoms with van der Waals surface area (Å²) >= 11 is 0. The Kier molecular flexibility index (Phi) is 3.81. The second-order valence-electron chi connectivity index (χ2n) is 5.03. The fourth-order valence-electron chi connectivity index (χ4n) is 1.76. The highest BCUT2D eigenvalue weighted by atomic mass is 15.4. The van der Waals surface area contributed by atoms with Gasteiger partial charge in [0.2, 0.25) is 5.95 Å². The highest BCUT2D eigenvalue weighted by Crippen LogP contribution is 2.10. The largest absolute Gasteiger partial charge is 0.343 e. The Morgan fingerprint density at radius 3 is 2.83 bits per heavy atom. The second-order valence-corrected chi connectivity index (χ2v) is 5.03. The van der Waals surface area contributed by atoms with Crippen molar-refractivity contribution in [1.82, 2.24) is 14.6 Å². The molecule has 0 saturated heterocycles. The molecule has 2 N–H and O–H groups in total. The van der Waals surface area contributed by atoms with Crippen LogP contribution >= 0.6 is 0 Å². The molecular formula is C13H21N5. The zero-order valence-electron chi connectivity index (χ0n) is 11.2. The Morgan fingerprint density at radius 1 is 1.39 bits per heavy atom. The van der Waals surface area contributed by atoms with Gasteiger partial charge in [-0.15, -0.1) is 5.10 Å². The molecule has 5 nitrogen and oxygen atoms in total. The summed E-state index contributed by atoms with van der Waals surface area (Å²) < 4.78 is 1.79. The van der Waals surface area contributed by atoms with E-state index in [0.29, 0.717) is 5.92 Å². The maximum absolute atomic E-state index is 6.05. The summed E-state index contributed by atoms with van der Waals surface area (Å²) in [5, 5.41) is 4.43. The number of pyridine rings is 1. The van der Waals surface area contributed by atoms with Crippen LogP contribution in [-0.2, 0) is 0 Å². The van der Waals surface area contributed by atoms with Crippen LogP contribution in [0.4, 0.5) is 5.95 Å². The van der Waals surface area contributed by atoms with Crippen molar-refractivity contribution in [3.63, 3.8) is 0 Å². The van der Waals surface area contributed by atoms with Crippen molar-refractivity contribution in [2.24, 2.45) is 11.7 Å². The number of anilines is 1. The smallest absolute Gasteiger partial charge is 0.245 e. The first-order chi connectivity index (χ1) is 8.58. The van der Waals surface area contributed by atoms with E-state index in [-0.39, 0.29) is 6.04 Å². The van der Waals surface area contributed by atoms with Crippen LogP contribution in [0.3, 0.4) is 0 Å². The minimum absolute atomic E-state index is 0.226. The van der Waals surface area contributed by atoms with E-state index in [2.05, 4.69) is 28.8 Å². The van der Waals surface area contributed by atoms with Crippen molar-refractivity contribution in [1.29, 1.82) is 0 Å². The summed E-state index contributed by atoms with van der Waals surface area (Å²) in [6, 6.07) is 6.08. The quantitative estimate of drug-likeness (QED) is 0.870. The Morgan fingerprint density at radius 2 is 2.17 bits per heavy atom. The molecule has 0 saturated carbocycles. The molecule has 0 aliphatic heterocycles. The molecule has 0 radical (unpaired) electrons. The fraction of sp³-hybridized carbons (Fsp3) is 0.538. The lowest BCUT2D eigenvalue weighted by Gasteiger charge is -2.20. The lowest BCUT2D eigenvalue weighted by Crippen LogP contribution is -2.32. The molecule has 0 spiro atoms. The average molecular weight is 247 g/mol. The normalized spacial score (nSPS) is 13.2. The predicted octanol–water partition coefficient (Wildman–Crippen LogP) is 1.54. The highest BCUT2D eigenvalue weighted by molar-refractivity contribution is 5.43. The van der Waals surface area contributed by atoms with E-state index >= 15 is 0 Å². The maximum Gasteiger partial charge on any atom is 0.245 e. The number of nitrogens with zero attached hydrogens (tertiary/aromatic N) is 4. The van der Waals surface area contributed by atoms with E-state index in [1.54, 1.807) is 4.52 Å². The van der Waals surface area contributed by atoms with Crippen LogP contribution in [0, 0.1) is 5.92 Å². The van der Waals surface area contributed by atoms with Crippen LogP contribution in [0.5, 0.6) is 0 Å². The summed E-state index contributed by atoms with van der Waals surface area (Å²) in [6.07, 6.45) is 2.85. The van der Waals surface area contributed by atoms with Crippen molar-refractivity contribution < 1.29 is 0 Å². The first kappa shape index (κ1) is 12.8. The van der Waals surface area contributed by atoms with Gasteiger partial charge >= 0.3 is 0 Å². The second kappa shape index (κ2) is 5.35. The van der Waals surface area contributed by atoms with Gasteiger partial charge in [-0.2, -0.15) is 4.98 Å². The van der Waals surface area contributed by atoms with Gasteiger partial charge in [0.15, 0.2) is 5.65 Å². The Bertz CT molecular complexity index is 472. The van der Waals surface area contributed by atoms with Gasteiger partial charge in [-0.1, -0.05) is 19.9 Å². The number of fused-ring (bicyclic) bond motifs is 1. The third-order valence-electron chi connectivity index (χ3n) is 3.23. The first-order valence-electron chi connectivity index (χ1n) is 6.36. The number of aromatic nitrogens is 3. The molecule has 0 aromatic carbocycles. The molecular weight excluding hydrogens is 226 g/mol. The monoisotopic (exact) mass is 247 g/mol. The Balaban J connectivity index is 2.02. The van der Waals surface area contributed by atoms with Crippen LogP contribution in [0.15, 0.2) is 24.4 Å². The van der Waals surface area contributed by atoms with Crippen LogP contribution < -0.4 is 10.6 Å². The van der Waals surface area contributed by atoms with Crippen molar-refractivity contribution in [2.75, 3.05) is 18.5 Å². The number of rotatable bonds is 5. The van der Waals surface area contributed by atoms with Gasteiger partial charge in [0.25, 0.3) is 0 Å². The van der Waals surface area contributed by atoms with Gasteiger partial charge in [0, 0.05) is 25.8 Å². The maximum atomic E-state index is 6.05. The van der Waals surface area contributed by atoms with Crippen LogP contribution in [-0.4, -0.2) is 34.2 Å². The molecule has 2 rings (SSSR count). The minimum Gasteiger partial charge on any atom is -0.343 e. The summed E-state index contributed by atoms with van der Waals surface area (Å²) in [7, 11) is 2.00. The van der Waals surface area contributed by atoms with E-state index < -0.39 is 0 Å². The molecule has 98 valence electrons. The standard InChI is InChI=1S/C13H21N5/c1-10(2)11(14)7-9-17(3)13-15-12-6-4-5-8-18(12)16-13/h4-6,8,10-11H,7,9,14H2,1-3H3. The topological polar surface area (TPSA) is 59.5 Å². The molecule has 0 bridgehead atoms. The fourth-order valence-corrected chi connectivity index (χ4v) is 1.76. The molecule has 1 atom stereocenters. The molecule has 5 heteroatoms. The predicted molar refractivity (Wildman–Crippen MR) is 73.7 cm³/mol. The van der Waals surface area contributed by atoms with Gasteiger partial charge in [-0.05, 0) is 24.5 Å². The molecule has 2 aromatic heterocycles. The van der Waals surface area contributed by atoms with Crippen molar-refractivity contribution in [3.8, 4) is 0 Å². The number of nitrogens with two attached hydrogens (primary N) is 1. The first-order valence-corrected chi connectivity index (χ1v) is 6.36. The zero-order chi connectivity index (χ0) is 13.1. The van der Waals surface area contributed by atoms with Crippen LogP contribution in [0.1, 0.15) is 20.3 Å². The summed E-state index contributed by atoms with van der Waals surface area (Å²) in [5.41, 5.74) is 6.91. The number of hydrogen-bond donors (Lipinski definition) is 1. The van der Waals surface area contributed by atoms with Crippen LogP contribution in [0.25, 0.3) is 5.65 Å². The summed E-state index contributed by atoms with van der Waals surface area (Å²) in [6.45, 7) is 5.16. The van der Waals surface area contributed by atoms with Crippen molar-refractivity contribution in [2.45, 2.75) is 26.3 Å². The Hall–Kier alpha value is -1.62. The average Bonchev–Trinajstić information content (AvgIpc) is 2.79. The molecule has 18 heavy (non-hydrogen) atoms. The third-order valence-corrected chi connectivity index (χ3v) is 3.23. The lowest BCUT2D eigenvalue weighted by molar-refractivity contribution is 0.465. The molecule has 0 fully saturated rings. The molecule has 0 aliphatic carbocycles. The van der Waals surface area contributed by atoms with Crippen LogP contribution in [0.2, 0.25) is 0 Å². The summed E-state index contributed by atoms with van der Waals surface area (Å²) in [4.78, 5) is 6.52. The van der Waals surface area contributed by atoms with E-state index in [0.717, 1.165) is 24.6 Å². The van der Waals surface area contributed by atoms with E-state index in [1.165, 1.54) is 0 Å². The summed E-state index contributed by atoms with van der Waals surface area (Å²) in [5.74, 6) is 1.25. The van der Waals surface area contributed by atoms with Gasteiger partial charge in [0.05, 0.1) is 0 Å². The van der Waals surface area contributed by atoms with Crippen molar-refractivity contribution >= 4 is 11.6 Å². The molecule has 2 heterocycles. The Labute approximate surface area is 108 Å². The van der Waals surface area contributed by atoms with Gasteiger partial charge in [0.1, 0.15) is 0 Å². The third kappa shape index (κ3) is 2.79. The molecule has 0 amide bonds. The van der Waals surface area contributed by atoms with Gasteiger partial charge in [-0.25, -0.2) is 4.52 Å². The molecule has 0 aliphatic rings. The lowest BCUT2D eigenvalue weighted by atomic mass is 10.0. The zero-order valence-corrected chi connectivity index (χ0v) is 11.2. The number of hydrogen-bond acceptors (Lipinski definition) is 4. The van der Waals surface area contributed by atoms with Gasteiger partial charge in [-0.3, -0.25) is 0 Å². The van der Waals surface area contributed by atoms with Gasteiger partial charge < -0.3 is 10.6 Å². The van der Waals surface area contributed by atoms with E-state index in [9.17, 15) is 0 Å². The van der Waals surface area contributed by atoms with Crippen molar-refractivity contribution in [3.05, 3.63) is 24.4 Å². The molecule has 2 aromatic rings. The highest BCUT2D eigenvalue weighted by Gasteiger charge is 2.12. The minimum atomic E-state index is 0.226. The van der Waals surface area contributed by atoms with E-state index in [1.807, 2.05) is 31.4 Å². The SMILES string of the molecule is CC(C)C(N)CCN(C)c1nc2ccccn2n1.